The molecule has 10 nitrogen and oxygen atoms in total. The van der Waals surface area contributed by atoms with Crippen molar-refractivity contribution in [3.05, 3.63) is 44.1 Å². The number of aliphatic hydroxyl groups excluding tert-OH is 4. The molecule has 0 amide bonds. The summed E-state index contributed by atoms with van der Waals surface area (Å²) in [4.78, 5) is 34.0. The highest BCUT2D eigenvalue weighted by atomic mass is 16.4. The number of nitrogens with one attached hydrogen (secondary N) is 1. The molecule has 0 bridgehead atoms. The van der Waals surface area contributed by atoms with Crippen LogP contribution in [0, 0.1) is 13.8 Å². The molecule has 0 saturated carbocycles. The number of aromatic nitrogens is 4. The molecule has 3 rings (SSSR count). The molecule has 2 aliphatic rings. The Labute approximate surface area is 179 Å². The maximum Gasteiger partial charge on any atom is 0.349 e. The Morgan fingerprint density at radius 1 is 1.00 bits per heavy atom. The average molecular weight is 434 g/mol. The van der Waals surface area contributed by atoms with E-state index < -0.39 is 36.2 Å². The Morgan fingerprint density at radius 2 is 1.61 bits per heavy atom. The Kier molecular flexibility index (Phi) is 8.40. The number of hydrogen-bond donors (Lipinski definition) is 5. The molecule has 0 radical (unpaired) electrons. The topological polar surface area (TPSA) is 162 Å². The summed E-state index contributed by atoms with van der Waals surface area (Å²) in [7, 11) is 0. The Morgan fingerprint density at radius 3 is 2.19 bits per heavy atom. The summed E-state index contributed by atoms with van der Waals surface area (Å²) in [6.45, 7) is 7.09. The van der Waals surface area contributed by atoms with Crippen molar-refractivity contribution in [3.63, 3.8) is 0 Å². The largest absolute Gasteiger partial charge is 0.394 e. The molecular formula is C21H30N4O6. The minimum absolute atomic E-state index is 0.0516. The van der Waals surface area contributed by atoms with Crippen molar-refractivity contribution in [1.29, 1.82) is 0 Å². The second-order valence-corrected chi connectivity index (χ2v) is 7.50. The fourth-order valence-electron chi connectivity index (χ4n) is 2.89. The predicted octanol–water partition coefficient (Wildman–Crippen LogP) is 0.0828. The second kappa shape index (κ2) is 10.6. The quantitative estimate of drug-likeness (QED) is 0.341. The number of unbranched alkanes of at least 4 members (excludes halogenated alkanes) is 1. The van der Waals surface area contributed by atoms with Crippen LogP contribution in [0.1, 0.15) is 37.8 Å². The van der Waals surface area contributed by atoms with E-state index in [1.54, 1.807) is 12.1 Å². The maximum absolute atomic E-state index is 12.2. The Balaban J connectivity index is 0.000000785. The van der Waals surface area contributed by atoms with E-state index in [1.807, 2.05) is 13.8 Å². The monoisotopic (exact) mass is 434 g/mol. The van der Waals surface area contributed by atoms with Gasteiger partial charge in [-0.25, -0.2) is 9.78 Å². The van der Waals surface area contributed by atoms with Gasteiger partial charge in [-0.05, 0) is 37.1 Å². The van der Waals surface area contributed by atoms with Crippen LogP contribution in [0.15, 0.2) is 21.7 Å². The molecular weight excluding hydrogens is 404 g/mol. The van der Waals surface area contributed by atoms with Gasteiger partial charge in [0.25, 0.3) is 5.56 Å². The Bertz CT molecular complexity index is 1110. The minimum atomic E-state index is -1.64. The molecule has 3 atom stereocenters. The van der Waals surface area contributed by atoms with Crippen LogP contribution in [0.25, 0.3) is 22.6 Å². The lowest BCUT2D eigenvalue weighted by molar-refractivity contribution is -0.0802. The van der Waals surface area contributed by atoms with E-state index in [-0.39, 0.29) is 18.1 Å². The highest BCUT2D eigenvalue weighted by Gasteiger charge is 2.27. The summed E-state index contributed by atoms with van der Waals surface area (Å²) in [5.74, 6) is -0.0516. The van der Waals surface area contributed by atoms with Gasteiger partial charge in [0.1, 0.15) is 18.3 Å². The van der Waals surface area contributed by atoms with E-state index in [0.717, 1.165) is 11.1 Å². The van der Waals surface area contributed by atoms with Crippen molar-refractivity contribution in [2.45, 2.75) is 65.4 Å². The van der Waals surface area contributed by atoms with Gasteiger partial charge in [0.2, 0.25) is 0 Å². The SMILES string of the molecule is CCCC.Cc1cc2nc3c(=O)[nH]c(=O)nc-3n(C[C@H](O)[C@H](O)[C@H](O)CO)c2cc1C. The van der Waals surface area contributed by atoms with E-state index in [2.05, 4.69) is 28.8 Å². The number of aromatic amines is 1. The van der Waals surface area contributed by atoms with Crippen LogP contribution in [-0.2, 0) is 6.54 Å². The third kappa shape index (κ3) is 5.53. The zero-order valence-electron chi connectivity index (χ0n) is 18.2. The van der Waals surface area contributed by atoms with Crippen LogP contribution >= 0.6 is 0 Å². The molecule has 0 spiro atoms. The van der Waals surface area contributed by atoms with Crippen LogP contribution in [0.3, 0.4) is 0 Å². The molecule has 0 saturated heterocycles. The summed E-state index contributed by atoms with van der Waals surface area (Å²) in [6.07, 6.45) is -2.04. The van der Waals surface area contributed by atoms with E-state index in [4.69, 9.17) is 5.11 Å². The Hall–Kier alpha value is -2.66. The lowest BCUT2D eigenvalue weighted by Crippen LogP contribution is -2.42. The van der Waals surface area contributed by atoms with Gasteiger partial charge in [-0.15, -0.1) is 0 Å². The molecule has 31 heavy (non-hydrogen) atoms. The highest BCUT2D eigenvalue weighted by molar-refractivity contribution is 5.81. The number of benzene rings is 1. The first kappa shape index (κ1) is 24.6. The van der Waals surface area contributed by atoms with Gasteiger partial charge in [-0.1, -0.05) is 26.7 Å². The number of aryl methyl sites for hydroxylation is 2. The van der Waals surface area contributed by atoms with Gasteiger partial charge in [0.15, 0.2) is 11.5 Å². The first-order valence-electron chi connectivity index (χ1n) is 10.2. The zero-order valence-corrected chi connectivity index (χ0v) is 18.2. The van der Waals surface area contributed by atoms with Crippen molar-refractivity contribution in [3.8, 4) is 11.5 Å². The summed E-state index contributed by atoms with van der Waals surface area (Å²) in [5.41, 5.74) is 1.11. The van der Waals surface area contributed by atoms with Gasteiger partial charge in [-0.2, -0.15) is 4.98 Å². The summed E-state index contributed by atoms with van der Waals surface area (Å²) >= 11 is 0. The molecule has 0 aliphatic carbocycles. The second-order valence-electron chi connectivity index (χ2n) is 7.50. The van der Waals surface area contributed by atoms with Crippen molar-refractivity contribution in [2.75, 3.05) is 6.61 Å². The van der Waals surface area contributed by atoms with E-state index in [9.17, 15) is 24.9 Å². The summed E-state index contributed by atoms with van der Waals surface area (Å²) < 4.78 is 1.40. The summed E-state index contributed by atoms with van der Waals surface area (Å²) in [6, 6.07) is 3.53. The molecule has 0 fully saturated rings. The van der Waals surface area contributed by atoms with Gasteiger partial charge in [0, 0.05) is 0 Å². The van der Waals surface area contributed by atoms with Gasteiger partial charge < -0.3 is 25.0 Å². The smallest absolute Gasteiger partial charge is 0.349 e. The number of nitrogens with zero attached hydrogens (tertiary/aromatic N) is 3. The molecule has 0 unspecified atom stereocenters. The number of aliphatic hydroxyl groups is 4. The number of rotatable bonds is 6. The average Bonchev–Trinajstić information content (AvgIpc) is 2.74. The fraction of sp³-hybridized carbons (Fsp3) is 0.524. The highest BCUT2D eigenvalue weighted by Crippen LogP contribution is 2.24. The van der Waals surface area contributed by atoms with E-state index in [1.165, 1.54) is 17.4 Å². The first-order chi connectivity index (χ1) is 14.6. The first-order valence-corrected chi connectivity index (χ1v) is 10.2. The minimum Gasteiger partial charge on any atom is -0.394 e. The molecule has 170 valence electrons. The standard InChI is InChI=1S/C17H20N4O6.C4H10/c1-7-3-9-10(4-8(7)2)21(5-11(23)14(25)12(24)6-22)15-13(18-9)16(26)20-17(27)19-15;1-3-4-2/h3-4,11-12,14,22-25H,5-6H2,1-2H3,(H,20,26,27);3-4H2,1-2H3/t11-,12+,14-;/m0./s1. The number of H-pyrrole nitrogens is 1. The maximum atomic E-state index is 12.2. The van der Waals surface area contributed by atoms with Crippen molar-refractivity contribution in [1.82, 2.24) is 19.5 Å². The zero-order chi connectivity index (χ0) is 23.3. The third-order valence-electron chi connectivity index (χ3n) is 5.07. The van der Waals surface area contributed by atoms with Crippen LogP contribution in [0.2, 0.25) is 0 Å². The molecule has 5 N–H and O–H groups in total. The molecule has 1 aromatic rings. The van der Waals surface area contributed by atoms with E-state index >= 15 is 0 Å². The van der Waals surface area contributed by atoms with Crippen LogP contribution in [0.5, 0.6) is 0 Å². The molecule has 2 heterocycles. The third-order valence-corrected chi connectivity index (χ3v) is 5.07. The number of fused-ring (bicyclic) bond motifs is 2. The molecule has 0 aromatic heterocycles. The van der Waals surface area contributed by atoms with E-state index in [0.29, 0.717) is 11.0 Å². The van der Waals surface area contributed by atoms with Crippen LogP contribution in [0.4, 0.5) is 0 Å². The van der Waals surface area contributed by atoms with Gasteiger partial charge in [-0.3, -0.25) is 9.78 Å². The van der Waals surface area contributed by atoms with Crippen LogP contribution in [-0.4, -0.2) is 64.9 Å². The predicted molar refractivity (Wildman–Crippen MR) is 116 cm³/mol. The van der Waals surface area contributed by atoms with Crippen molar-refractivity contribution < 1.29 is 20.4 Å². The molecule has 1 aromatic carbocycles. The van der Waals surface area contributed by atoms with Crippen molar-refractivity contribution in [2.24, 2.45) is 0 Å². The summed E-state index contributed by atoms with van der Waals surface area (Å²) in [5, 5.41) is 38.8. The van der Waals surface area contributed by atoms with Gasteiger partial charge >= 0.3 is 5.69 Å². The fourth-order valence-corrected chi connectivity index (χ4v) is 2.89. The lowest BCUT2D eigenvalue weighted by atomic mass is 10.1. The lowest BCUT2D eigenvalue weighted by Gasteiger charge is -2.25. The van der Waals surface area contributed by atoms with Gasteiger partial charge in [0.05, 0.1) is 24.2 Å². The number of hydrogen-bond acceptors (Lipinski definition) is 8. The molecule has 10 heteroatoms. The van der Waals surface area contributed by atoms with Crippen molar-refractivity contribution >= 4 is 11.0 Å². The normalized spacial score (nSPS) is 14.2. The molecule has 2 aliphatic heterocycles. The van der Waals surface area contributed by atoms with Crippen LogP contribution < -0.4 is 11.2 Å².